The van der Waals surface area contributed by atoms with Crippen LogP contribution in [0.5, 0.6) is 0 Å². The van der Waals surface area contributed by atoms with E-state index in [0.717, 1.165) is 16.7 Å². The van der Waals surface area contributed by atoms with Crippen molar-refractivity contribution in [3.05, 3.63) is 41.2 Å². The van der Waals surface area contributed by atoms with Gasteiger partial charge in [0.1, 0.15) is 0 Å². The van der Waals surface area contributed by atoms with Crippen LogP contribution in [0, 0.1) is 6.92 Å². The summed E-state index contributed by atoms with van der Waals surface area (Å²) in [6.07, 6.45) is 1.66. The maximum Gasteiger partial charge on any atom is 0.309 e. The van der Waals surface area contributed by atoms with Crippen molar-refractivity contribution in [3.8, 4) is 11.1 Å². The van der Waals surface area contributed by atoms with Gasteiger partial charge < -0.3 is 5.11 Å². The van der Waals surface area contributed by atoms with Crippen molar-refractivity contribution in [1.29, 1.82) is 0 Å². The fourth-order valence-electron chi connectivity index (χ4n) is 2.12. The first-order valence-electron chi connectivity index (χ1n) is 6.34. The molecule has 0 amide bonds. The number of benzene rings is 1. The lowest BCUT2D eigenvalue weighted by Gasteiger charge is -2.11. The van der Waals surface area contributed by atoms with Crippen molar-refractivity contribution in [2.24, 2.45) is 0 Å². The SMILES string of the molecule is Cc1ccc(C(C)C)cc1-c1cn[nH]c1CC(=O)O. The van der Waals surface area contributed by atoms with Crippen LogP contribution < -0.4 is 0 Å². The van der Waals surface area contributed by atoms with E-state index in [9.17, 15) is 4.79 Å². The van der Waals surface area contributed by atoms with Crippen molar-refractivity contribution >= 4 is 5.97 Å². The highest BCUT2D eigenvalue weighted by atomic mass is 16.4. The Morgan fingerprint density at radius 2 is 2.11 bits per heavy atom. The Kier molecular flexibility index (Phi) is 3.69. The summed E-state index contributed by atoms with van der Waals surface area (Å²) in [5.74, 6) is -0.419. The zero-order chi connectivity index (χ0) is 14.0. The van der Waals surface area contributed by atoms with Crippen LogP contribution in [-0.2, 0) is 11.2 Å². The number of rotatable bonds is 4. The summed E-state index contributed by atoms with van der Waals surface area (Å²) in [4.78, 5) is 10.9. The molecule has 0 fully saturated rings. The van der Waals surface area contributed by atoms with E-state index in [1.54, 1.807) is 6.20 Å². The molecule has 100 valence electrons. The monoisotopic (exact) mass is 258 g/mol. The molecule has 19 heavy (non-hydrogen) atoms. The largest absolute Gasteiger partial charge is 0.481 e. The molecule has 0 saturated carbocycles. The number of H-pyrrole nitrogens is 1. The average molecular weight is 258 g/mol. The molecule has 0 saturated heterocycles. The van der Waals surface area contributed by atoms with Crippen molar-refractivity contribution < 1.29 is 9.90 Å². The van der Waals surface area contributed by atoms with E-state index >= 15 is 0 Å². The Balaban J connectivity index is 2.49. The lowest BCUT2D eigenvalue weighted by Crippen LogP contribution is -2.02. The minimum atomic E-state index is -0.858. The molecular formula is C15H18N2O2. The molecule has 0 atom stereocenters. The molecule has 1 aromatic heterocycles. The van der Waals surface area contributed by atoms with E-state index in [0.29, 0.717) is 11.6 Å². The quantitative estimate of drug-likeness (QED) is 0.885. The summed E-state index contributed by atoms with van der Waals surface area (Å²) in [5, 5.41) is 15.7. The molecule has 2 aromatic rings. The molecule has 0 radical (unpaired) electrons. The molecule has 1 aromatic carbocycles. The number of hydrogen-bond donors (Lipinski definition) is 2. The van der Waals surface area contributed by atoms with Crippen LogP contribution >= 0.6 is 0 Å². The molecule has 4 heteroatoms. The Hall–Kier alpha value is -2.10. The van der Waals surface area contributed by atoms with E-state index in [2.05, 4.69) is 42.2 Å². The van der Waals surface area contributed by atoms with Gasteiger partial charge in [-0.3, -0.25) is 9.89 Å². The second-order valence-corrected chi connectivity index (χ2v) is 5.06. The highest BCUT2D eigenvalue weighted by Crippen LogP contribution is 2.29. The minimum absolute atomic E-state index is 0.0410. The van der Waals surface area contributed by atoms with Crippen LogP contribution in [0.1, 0.15) is 36.6 Å². The molecule has 0 aliphatic rings. The number of nitrogens with zero attached hydrogens (tertiary/aromatic N) is 1. The van der Waals surface area contributed by atoms with Crippen LogP contribution in [0.15, 0.2) is 24.4 Å². The molecule has 0 spiro atoms. The van der Waals surface area contributed by atoms with E-state index in [4.69, 9.17) is 5.11 Å². The summed E-state index contributed by atoms with van der Waals surface area (Å²) in [6.45, 7) is 6.31. The Bertz CT molecular complexity index is 600. The number of nitrogens with one attached hydrogen (secondary N) is 1. The first kappa shape index (κ1) is 13.3. The van der Waals surface area contributed by atoms with E-state index < -0.39 is 5.97 Å². The van der Waals surface area contributed by atoms with Crippen LogP contribution in [0.2, 0.25) is 0 Å². The number of carbonyl (C=O) groups is 1. The number of aromatic amines is 1. The molecule has 2 rings (SSSR count). The highest BCUT2D eigenvalue weighted by Gasteiger charge is 2.13. The van der Waals surface area contributed by atoms with Gasteiger partial charge in [-0.25, -0.2) is 0 Å². The zero-order valence-electron chi connectivity index (χ0n) is 11.4. The molecule has 0 aliphatic carbocycles. The van der Waals surface area contributed by atoms with Gasteiger partial charge in [0.2, 0.25) is 0 Å². The van der Waals surface area contributed by atoms with E-state index in [1.807, 2.05) is 6.92 Å². The third-order valence-corrected chi connectivity index (χ3v) is 3.26. The molecule has 0 bridgehead atoms. The number of aliphatic carboxylic acids is 1. The van der Waals surface area contributed by atoms with Crippen molar-refractivity contribution in [2.75, 3.05) is 0 Å². The van der Waals surface area contributed by atoms with Crippen LogP contribution in [-0.4, -0.2) is 21.3 Å². The van der Waals surface area contributed by atoms with Gasteiger partial charge in [0.15, 0.2) is 0 Å². The smallest absolute Gasteiger partial charge is 0.309 e. The summed E-state index contributed by atoms with van der Waals surface area (Å²) in [5.41, 5.74) is 4.94. The topological polar surface area (TPSA) is 66.0 Å². The lowest BCUT2D eigenvalue weighted by molar-refractivity contribution is -0.136. The predicted molar refractivity (Wildman–Crippen MR) is 74.2 cm³/mol. The van der Waals surface area contributed by atoms with Crippen molar-refractivity contribution in [2.45, 2.75) is 33.1 Å². The van der Waals surface area contributed by atoms with Gasteiger partial charge in [-0.1, -0.05) is 32.0 Å². The fourth-order valence-corrected chi connectivity index (χ4v) is 2.12. The first-order chi connectivity index (χ1) is 8.99. The zero-order valence-corrected chi connectivity index (χ0v) is 11.4. The van der Waals surface area contributed by atoms with Crippen LogP contribution in [0.3, 0.4) is 0 Å². The molecule has 1 heterocycles. The number of hydrogen-bond acceptors (Lipinski definition) is 2. The fraction of sp³-hybridized carbons (Fsp3) is 0.333. The lowest BCUT2D eigenvalue weighted by atomic mass is 9.94. The summed E-state index contributed by atoms with van der Waals surface area (Å²) in [6, 6.07) is 6.30. The van der Waals surface area contributed by atoms with E-state index in [-0.39, 0.29) is 6.42 Å². The maximum atomic E-state index is 10.9. The van der Waals surface area contributed by atoms with Crippen LogP contribution in [0.25, 0.3) is 11.1 Å². The van der Waals surface area contributed by atoms with Gasteiger partial charge >= 0.3 is 5.97 Å². The number of aryl methyl sites for hydroxylation is 1. The molecule has 0 aliphatic heterocycles. The average Bonchev–Trinajstić information content (AvgIpc) is 2.76. The number of aromatic nitrogens is 2. The molecular weight excluding hydrogens is 240 g/mol. The summed E-state index contributed by atoms with van der Waals surface area (Å²) >= 11 is 0. The minimum Gasteiger partial charge on any atom is -0.481 e. The van der Waals surface area contributed by atoms with Crippen molar-refractivity contribution in [1.82, 2.24) is 10.2 Å². The highest BCUT2D eigenvalue weighted by molar-refractivity contribution is 5.76. The van der Waals surface area contributed by atoms with Gasteiger partial charge in [-0.05, 0) is 29.5 Å². The standard InChI is InChI=1S/C15H18N2O2/c1-9(2)11-5-4-10(3)12(6-11)13-8-16-17-14(13)7-15(18)19/h4-6,8-9H,7H2,1-3H3,(H,16,17)(H,18,19). The molecule has 4 nitrogen and oxygen atoms in total. The second kappa shape index (κ2) is 5.26. The van der Waals surface area contributed by atoms with Gasteiger partial charge in [0, 0.05) is 5.56 Å². The molecule has 0 unspecified atom stereocenters. The van der Waals surface area contributed by atoms with Gasteiger partial charge in [0.05, 0.1) is 18.3 Å². The van der Waals surface area contributed by atoms with Gasteiger partial charge in [-0.2, -0.15) is 5.10 Å². The Morgan fingerprint density at radius 3 is 2.74 bits per heavy atom. The Labute approximate surface area is 112 Å². The number of carboxylic acids is 1. The number of carboxylic acid groups (broad SMARTS) is 1. The van der Waals surface area contributed by atoms with Gasteiger partial charge in [0.25, 0.3) is 0 Å². The normalized spacial score (nSPS) is 10.9. The third-order valence-electron chi connectivity index (χ3n) is 3.26. The first-order valence-corrected chi connectivity index (χ1v) is 6.34. The van der Waals surface area contributed by atoms with Crippen LogP contribution in [0.4, 0.5) is 0 Å². The second-order valence-electron chi connectivity index (χ2n) is 5.06. The predicted octanol–water partition coefficient (Wildman–Crippen LogP) is 3.14. The van der Waals surface area contributed by atoms with Crippen molar-refractivity contribution in [3.63, 3.8) is 0 Å². The summed E-state index contributed by atoms with van der Waals surface area (Å²) < 4.78 is 0. The third kappa shape index (κ3) is 2.84. The maximum absolute atomic E-state index is 10.9. The van der Waals surface area contributed by atoms with Gasteiger partial charge in [-0.15, -0.1) is 0 Å². The summed E-state index contributed by atoms with van der Waals surface area (Å²) in [7, 11) is 0. The molecule has 2 N–H and O–H groups in total. The van der Waals surface area contributed by atoms with E-state index in [1.165, 1.54) is 5.56 Å². The Morgan fingerprint density at radius 1 is 1.37 bits per heavy atom.